The number of methoxy groups -OCH3 is 2. The zero-order valence-corrected chi connectivity index (χ0v) is 22.3. The molecule has 0 radical (unpaired) electrons. The van der Waals surface area contributed by atoms with Crippen molar-refractivity contribution in [3.8, 4) is 17.2 Å². The van der Waals surface area contributed by atoms with E-state index in [1.165, 1.54) is 11.1 Å². The number of carbonyl (C=O) groups is 1. The normalized spacial score (nSPS) is 29.4. The molecule has 6 heteroatoms. The second-order valence-corrected chi connectivity index (χ2v) is 11.2. The number of ether oxygens (including phenoxy) is 4. The van der Waals surface area contributed by atoms with Crippen LogP contribution in [0.5, 0.6) is 17.2 Å². The third-order valence-corrected chi connectivity index (χ3v) is 9.51. The lowest BCUT2D eigenvalue weighted by Gasteiger charge is -2.56. The van der Waals surface area contributed by atoms with Gasteiger partial charge in [0.25, 0.3) is 0 Å². The monoisotopic (exact) mass is 511 g/mol. The summed E-state index contributed by atoms with van der Waals surface area (Å²) in [7, 11) is 5.58. The van der Waals surface area contributed by atoms with Crippen LogP contribution in [0.2, 0.25) is 0 Å². The minimum Gasteiger partial charge on any atom is -0.497 e. The van der Waals surface area contributed by atoms with Gasteiger partial charge in [-0.25, -0.2) is 0 Å². The molecule has 0 amide bonds. The van der Waals surface area contributed by atoms with Crippen LogP contribution in [0.4, 0.5) is 0 Å². The number of esters is 1. The summed E-state index contributed by atoms with van der Waals surface area (Å²) >= 11 is 0. The van der Waals surface area contributed by atoms with Gasteiger partial charge in [0.1, 0.15) is 11.9 Å². The fraction of sp³-hybridized carbons (Fsp3) is 0.406. The van der Waals surface area contributed by atoms with Crippen molar-refractivity contribution in [2.24, 2.45) is 5.92 Å². The molecule has 1 saturated heterocycles. The van der Waals surface area contributed by atoms with Crippen LogP contribution >= 0.6 is 0 Å². The van der Waals surface area contributed by atoms with Crippen LogP contribution in [0.1, 0.15) is 36.0 Å². The second-order valence-electron chi connectivity index (χ2n) is 11.2. The molecule has 3 aromatic rings. The number of likely N-dealkylation sites (N-methyl/N-ethyl adjacent to an activating group) is 1. The first-order valence-corrected chi connectivity index (χ1v) is 13.5. The Kier molecular flexibility index (Phi) is 5.28. The van der Waals surface area contributed by atoms with E-state index in [2.05, 4.69) is 36.2 Å². The number of hydrogen-bond acceptors (Lipinski definition) is 6. The Bertz CT molecular complexity index is 1480. The summed E-state index contributed by atoms with van der Waals surface area (Å²) in [5.74, 6) is 2.08. The van der Waals surface area contributed by atoms with E-state index in [-0.39, 0.29) is 17.5 Å². The van der Waals surface area contributed by atoms with Crippen molar-refractivity contribution in [2.45, 2.75) is 49.3 Å². The largest absolute Gasteiger partial charge is 0.497 e. The summed E-state index contributed by atoms with van der Waals surface area (Å²) < 4.78 is 24.1. The zero-order chi connectivity index (χ0) is 26.2. The summed E-state index contributed by atoms with van der Waals surface area (Å²) in [5, 5.41) is 2.14. The van der Waals surface area contributed by atoms with Crippen molar-refractivity contribution in [3.05, 3.63) is 77.4 Å². The molecule has 0 N–H and O–H groups in total. The first-order chi connectivity index (χ1) is 18.4. The van der Waals surface area contributed by atoms with E-state index >= 15 is 0 Å². The Hall–Kier alpha value is -3.51. The van der Waals surface area contributed by atoms with Gasteiger partial charge in [0.2, 0.25) is 0 Å². The highest BCUT2D eigenvalue weighted by Gasteiger charge is 2.65. The van der Waals surface area contributed by atoms with Gasteiger partial charge in [0.15, 0.2) is 17.6 Å². The Morgan fingerprint density at radius 1 is 1.05 bits per heavy atom. The molecule has 1 fully saturated rings. The van der Waals surface area contributed by atoms with Gasteiger partial charge in [-0.05, 0) is 79.5 Å². The van der Waals surface area contributed by atoms with Gasteiger partial charge in [0, 0.05) is 22.9 Å². The molecule has 4 aliphatic rings. The third-order valence-electron chi connectivity index (χ3n) is 9.51. The molecule has 0 saturated carbocycles. The van der Waals surface area contributed by atoms with E-state index in [4.69, 9.17) is 18.9 Å². The van der Waals surface area contributed by atoms with E-state index < -0.39 is 12.0 Å². The molecular formula is C32H33NO5. The third kappa shape index (κ3) is 3.19. The lowest BCUT2D eigenvalue weighted by molar-refractivity contribution is -0.156. The predicted molar refractivity (Wildman–Crippen MR) is 145 cm³/mol. The number of hydrogen-bond donors (Lipinski definition) is 0. The second kappa shape index (κ2) is 8.50. The Morgan fingerprint density at radius 3 is 2.68 bits per heavy atom. The Morgan fingerprint density at radius 2 is 1.87 bits per heavy atom. The van der Waals surface area contributed by atoms with Crippen molar-refractivity contribution in [2.75, 3.05) is 27.8 Å². The van der Waals surface area contributed by atoms with E-state index in [1.54, 1.807) is 14.2 Å². The number of rotatable bonds is 5. The zero-order valence-electron chi connectivity index (χ0n) is 22.3. The first-order valence-electron chi connectivity index (χ1n) is 13.5. The van der Waals surface area contributed by atoms with Crippen molar-refractivity contribution in [1.82, 2.24) is 4.90 Å². The molecule has 6 atom stereocenters. The molecule has 6 nitrogen and oxygen atoms in total. The number of benzene rings is 3. The Balaban J connectivity index is 1.21. The summed E-state index contributed by atoms with van der Waals surface area (Å²) in [4.78, 5) is 16.0. The van der Waals surface area contributed by atoms with E-state index in [1.807, 2.05) is 43.3 Å². The van der Waals surface area contributed by atoms with Crippen LogP contribution in [0.3, 0.4) is 0 Å². The number of nitrogens with zero attached hydrogens (tertiary/aromatic N) is 1. The summed E-state index contributed by atoms with van der Waals surface area (Å²) in [5.41, 5.74) is 3.33. The lowest BCUT2D eigenvalue weighted by atomic mass is 9.53. The Labute approximate surface area is 223 Å². The van der Waals surface area contributed by atoms with Crippen LogP contribution in [-0.4, -0.2) is 56.9 Å². The molecule has 0 unspecified atom stereocenters. The quantitative estimate of drug-likeness (QED) is 0.354. The SMILES string of the molecule is COc1ccc2cc([C@H](C)C(=O)O[C@H]3C=C[C@H]4[C@H]5Cc6ccc(OC)c7c6[C@@]4(CCN5C)[C@H]3O7)ccc2c1. The van der Waals surface area contributed by atoms with Crippen molar-refractivity contribution in [3.63, 3.8) is 0 Å². The molecule has 2 heterocycles. The smallest absolute Gasteiger partial charge is 0.313 e. The van der Waals surface area contributed by atoms with Gasteiger partial charge < -0.3 is 23.8 Å². The van der Waals surface area contributed by atoms with E-state index in [0.717, 1.165) is 53.0 Å². The van der Waals surface area contributed by atoms with Crippen LogP contribution in [-0.2, 0) is 21.4 Å². The molecule has 38 heavy (non-hydrogen) atoms. The molecule has 196 valence electrons. The summed E-state index contributed by atoms with van der Waals surface area (Å²) in [6.07, 6.45) is 5.59. The average Bonchev–Trinajstić information content (AvgIpc) is 3.30. The molecule has 2 aliphatic carbocycles. The fourth-order valence-electron chi connectivity index (χ4n) is 7.48. The van der Waals surface area contributed by atoms with Gasteiger partial charge in [-0.2, -0.15) is 0 Å². The van der Waals surface area contributed by atoms with E-state index in [9.17, 15) is 4.79 Å². The molecule has 0 aromatic heterocycles. The highest BCUT2D eigenvalue weighted by atomic mass is 16.6. The maximum absolute atomic E-state index is 13.6. The van der Waals surface area contributed by atoms with Crippen LogP contribution in [0.25, 0.3) is 10.8 Å². The van der Waals surface area contributed by atoms with Crippen LogP contribution in [0.15, 0.2) is 60.7 Å². The van der Waals surface area contributed by atoms with Crippen LogP contribution in [0, 0.1) is 5.92 Å². The van der Waals surface area contributed by atoms with Crippen LogP contribution < -0.4 is 14.2 Å². The molecule has 2 bridgehead atoms. The van der Waals surface area contributed by atoms with Crippen molar-refractivity contribution >= 4 is 16.7 Å². The molecular weight excluding hydrogens is 478 g/mol. The predicted octanol–water partition coefficient (Wildman–Crippen LogP) is 5.02. The number of piperidine rings is 1. The number of fused-ring (bicyclic) bond motifs is 1. The molecule has 1 spiro atoms. The minimum absolute atomic E-state index is 0.209. The minimum atomic E-state index is -0.460. The maximum Gasteiger partial charge on any atom is 0.313 e. The molecule has 2 aliphatic heterocycles. The summed E-state index contributed by atoms with van der Waals surface area (Å²) in [6, 6.07) is 16.7. The highest BCUT2D eigenvalue weighted by molar-refractivity contribution is 5.87. The average molecular weight is 512 g/mol. The van der Waals surface area contributed by atoms with E-state index in [0.29, 0.717) is 12.0 Å². The topological polar surface area (TPSA) is 57.2 Å². The number of likely N-dealkylation sites (tertiary alicyclic amines) is 1. The number of carbonyl (C=O) groups excluding carboxylic acids is 1. The molecule has 3 aromatic carbocycles. The van der Waals surface area contributed by atoms with Crippen molar-refractivity contribution in [1.29, 1.82) is 0 Å². The maximum atomic E-state index is 13.6. The van der Waals surface area contributed by atoms with Gasteiger partial charge in [-0.15, -0.1) is 0 Å². The fourth-order valence-corrected chi connectivity index (χ4v) is 7.48. The standard InChI is InChI=1S/C32H33NO5/c1-18(19-5-6-21-16-23(35-3)9-7-20(21)15-19)31(34)37-27-12-10-24-25-17-22-8-11-26(36-4)29-28(22)32(24,30(27)38-29)13-14-33(25)2/h5-12,15-16,18,24-25,27,30H,13-14,17H2,1-4H3/t18-,24-,25+,27-,30-,32-/m0/s1. The van der Waals surface area contributed by atoms with Gasteiger partial charge in [-0.3, -0.25) is 4.79 Å². The highest BCUT2D eigenvalue weighted by Crippen LogP contribution is 2.62. The van der Waals surface area contributed by atoms with Gasteiger partial charge in [0.05, 0.1) is 20.1 Å². The van der Waals surface area contributed by atoms with Crippen molar-refractivity contribution < 1.29 is 23.7 Å². The lowest BCUT2D eigenvalue weighted by Crippen LogP contribution is -2.65. The van der Waals surface area contributed by atoms with Gasteiger partial charge >= 0.3 is 5.97 Å². The van der Waals surface area contributed by atoms with Gasteiger partial charge in [-0.1, -0.05) is 36.4 Å². The molecule has 7 rings (SSSR count). The first kappa shape index (κ1) is 23.6. The summed E-state index contributed by atoms with van der Waals surface area (Å²) in [6.45, 7) is 2.90.